The SMILES string of the molecule is CCC[C@@H](N)C(=O)Nc1ccc(O)cc1C. The van der Waals surface area contributed by atoms with Gasteiger partial charge in [-0.15, -0.1) is 0 Å². The molecule has 0 bridgehead atoms. The number of hydrogen-bond donors (Lipinski definition) is 3. The second kappa shape index (κ2) is 5.51. The summed E-state index contributed by atoms with van der Waals surface area (Å²) in [6.45, 7) is 3.81. The van der Waals surface area contributed by atoms with Crippen molar-refractivity contribution in [2.24, 2.45) is 5.73 Å². The van der Waals surface area contributed by atoms with Crippen LogP contribution in [0.2, 0.25) is 0 Å². The van der Waals surface area contributed by atoms with Crippen molar-refractivity contribution in [3.8, 4) is 5.75 Å². The number of carbonyl (C=O) groups is 1. The van der Waals surface area contributed by atoms with E-state index in [1.165, 1.54) is 6.07 Å². The van der Waals surface area contributed by atoms with Gasteiger partial charge in [-0.3, -0.25) is 4.79 Å². The molecule has 88 valence electrons. The highest BCUT2D eigenvalue weighted by molar-refractivity contribution is 5.95. The van der Waals surface area contributed by atoms with Crippen LogP contribution in [0.25, 0.3) is 0 Å². The topological polar surface area (TPSA) is 75.4 Å². The van der Waals surface area contributed by atoms with Crippen molar-refractivity contribution in [2.45, 2.75) is 32.7 Å². The fraction of sp³-hybridized carbons (Fsp3) is 0.417. The van der Waals surface area contributed by atoms with Gasteiger partial charge in [0.2, 0.25) is 5.91 Å². The Bertz CT molecular complexity index is 377. The van der Waals surface area contributed by atoms with E-state index in [2.05, 4.69) is 5.32 Å². The molecule has 0 saturated heterocycles. The van der Waals surface area contributed by atoms with Crippen LogP contribution in [0.1, 0.15) is 25.3 Å². The maximum atomic E-state index is 11.6. The number of nitrogens with two attached hydrogens (primary N) is 1. The van der Waals surface area contributed by atoms with Gasteiger partial charge in [-0.1, -0.05) is 13.3 Å². The number of phenols is 1. The van der Waals surface area contributed by atoms with E-state index in [1.54, 1.807) is 12.1 Å². The lowest BCUT2D eigenvalue weighted by molar-refractivity contribution is -0.117. The van der Waals surface area contributed by atoms with Gasteiger partial charge >= 0.3 is 0 Å². The summed E-state index contributed by atoms with van der Waals surface area (Å²) >= 11 is 0. The molecule has 0 radical (unpaired) electrons. The molecule has 0 aromatic heterocycles. The Morgan fingerprint density at radius 1 is 1.56 bits per heavy atom. The van der Waals surface area contributed by atoms with Crippen molar-refractivity contribution >= 4 is 11.6 Å². The smallest absolute Gasteiger partial charge is 0.241 e. The van der Waals surface area contributed by atoms with Crippen molar-refractivity contribution in [2.75, 3.05) is 5.32 Å². The van der Waals surface area contributed by atoms with Crippen molar-refractivity contribution in [3.05, 3.63) is 23.8 Å². The summed E-state index contributed by atoms with van der Waals surface area (Å²) in [7, 11) is 0. The van der Waals surface area contributed by atoms with Gasteiger partial charge in [0.15, 0.2) is 0 Å². The fourth-order valence-electron chi connectivity index (χ4n) is 1.46. The number of carbonyl (C=O) groups excluding carboxylic acids is 1. The Hall–Kier alpha value is -1.55. The van der Waals surface area contributed by atoms with Gasteiger partial charge in [0.1, 0.15) is 5.75 Å². The van der Waals surface area contributed by atoms with E-state index in [4.69, 9.17) is 5.73 Å². The van der Waals surface area contributed by atoms with Crippen molar-refractivity contribution in [1.82, 2.24) is 0 Å². The normalized spacial score (nSPS) is 12.2. The van der Waals surface area contributed by atoms with Crippen LogP contribution in [0.4, 0.5) is 5.69 Å². The molecular formula is C12H18N2O2. The zero-order chi connectivity index (χ0) is 12.1. The maximum Gasteiger partial charge on any atom is 0.241 e. The molecule has 0 aliphatic carbocycles. The lowest BCUT2D eigenvalue weighted by Gasteiger charge is -2.13. The van der Waals surface area contributed by atoms with Crippen LogP contribution >= 0.6 is 0 Å². The number of anilines is 1. The number of hydrogen-bond acceptors (Lipinski definition) is 3. The summed E-state index contributed by atoms with van der Waals surface area (Å²) in [6.07, 6.45) is 1.55. The first kappa shape index (κ1) is 12.5. The second-order valence-electron chi connectivity index (χ2n) is 3.88. The summed E-state index contributed by atoms with van der Waals surface area (Å²) in [5, 5.41) is 12.0. The number of nitrogens with one attached hydrogen (secondary N) is 1. The first-order valence-corrected chi connectivity index (χ1v) is 5.40. The number of aromatic hydroxyl groups is 1. The minimum atomic E-state index is -0.474. The largest absolute Gasteiger partial charge is 0.508 e. The van der Waals surface area contributed by atoms with Crippen molar-refractivity contribution in [3.63, 3.8) is 0 Å². The van der Waals surface area contributed by atoms with Gasteiger partial charge in [-0.2, -0.15) is 0 Å². The molecule has 1 amide bonds. The van der Waals surface area contributed by atoms with Crippen LogP contribution in [-0.2, 0) is 4.79 Å². The Morgan fingerprint density at radius 3 is 2.81 bits per heavy atom. The van der Waals surface area contributed by atoms with Gasteiger partial charge in [0.25, 0.3) is 0 Å². The molecule has 4 nitrogen and oxygen atoms in total. The van der Waals surface area contributed by atoms with E-state index in [0.29, 0.717) is 12.1 Å². The predicted octanol–water partition coefficient (Wildman–Crippen LogP) is 1.77. The third-order valence-corrected chi connectivity index (χ3v) is 2.40. The molecule has 0 saturated carbocycles. The van der Waals surface area contributed by atoms with Gasteiger partial charge in [0, 0.05) is 5.69 Å². The van der Waals surface area contributed by atoms with Crippen LogP contribution < -0.4 is 11.1 Å². The molecule has 0 aliphatic heterocycles. The lowest BCUT2D eigenvalue weighted by atomic mass is 10.1. The van der Waals surface area contributed by atoms with Crippen LogP contribution in [0.15, 0.2) is 18.2 Å². The summed E-state index contributed by atoms with van der Waals surface area (Å²) in [6, 6.07) is 4.33. The third kappa shape index (κ3) is 3.24. The number of rotatable bonds is 4. The zero-order valence-electron chi connectivity index (χ0n) is 9.66. The number of phenolic OH excluding ortho intramolecular Hbond substituents is 1. The molecular weight excluding hydrogens is 204 g/mol. The predicted molar refractivity (Wildman–Crippen MR) is 64.4 cm³/mol. The molecule has 0 spiro atoms. The first-order chi connectivity index (χ1) is 7.54. The number of amides is 1. The first-order valence-electron chi connectivity index (χ1n) is 5.40. The highest BCUT2D eigenvalue weighted by Gasteiger charge is 2.13. The second-order valence-corrected chi connectivity index (χ2v) is 3.88. The fourth-order valence-corrected chi connectivity index (χ4v) is 1.46. The van der Waals surface area contributed by atoms with Gasteiger partial charge in [0.05, 0.1) is 6.04 Å². The van der Waals surface area contributed by atoms with E-state index < -0.39 is 6.04 Å². The third-order valence-electron chi connectivity index (χ3n) is 2.40. The lowest BCUT2D eigenvalue weighted by Crippen LogP contribution is -2.35. The zero-order valence-corrected chi connectivity index (χ0v) is 9.66. The molecule has 1 aromatic rings. The highest BCUT2D eigenvalue weighted by Crippen LogP contribution is 2.20. The van der Waals surface area contributed by atoms with E-state index in [0.717, 1.165) is 12.0 Å². The molecule has 0 aliphatic rings. The molecule has 0 fully saturated rings. The Morgan fingerprint density at radius 2 is 2.25 bits per heavy atom. The van der Waals surface area contributed by atoms with E-state index in [1.807, 2.05) is 13.8 Å². The van der Waals surface area contributed by atoms with Gasteiger partial charge < -0.3 is 16.2 Å². The monoisotopic (exact) mass is 222 g/mol. The summed E-state index contributed by atoms with van der Waals surface area (Å²) in [4.78, 5) is 11.6. The number of benzene rings is 1. The molecule has 1 rings (SSSR count). The van der Waals surface area contributed by atoms with Crippen LogP contribution in [0.3, 0.4) is 0 Å². The van der Waals surface area contributed by atoms with Gasteiger partial charge in [-0.25, -0.2) is 0 Å². The Labute approximate surface area is 95.5 Å². The van der Waals surface area contributed by atoms with Crippen molar-refractivity contribution < 1.29 is 9.90 Å². The summed E-state index contributed by atoms with van der Waals surface area (Å²) in [5.74, 6) is 0.00370. The molecule has 4 N–H and O–H groups in total. The van der Waals surface area contributed by atoms with E-state index >= 15 is 0 Å². The molecule has 1 atom stereocenters. The number of aryl methyl sites for hydroxylation is 1. The minimum absolute atomic E-state index is 0.185. The molecule has 0 unspecified atom stereocenters. The Balaban J connectivity index is 2.69. The molecule has 1 aromatic carbocycles. The van der Waals surface area contributed by atoms with E-state index in [-0.39, 0.29) is 11.7 Å². The maximum absolute atomic E-state index is 11.6. The van der Waals surface area contributed by atoms with Crippen LogP contribution in [0.5, 0.6) is 5.75 Å². The quantitative estimate of drug-likeness (QED) is 0.679. The van der Waals surface area contributed by atoms with Crippen LogP contribution in [-0.4, -0.2) is 17.1 Å². The van der Waals surface area contributed by atoms with Crippen molar-refractivity contribution in [1.29, 1.82) is 0 Å². The summed E-state index contributed by atoms with van der Waals surface area (Å²) < 4.78 is 0. The Kier molecular flexibility index (Phi) is 4.31. The highest BCUT2D eigenvalue weighted by atomic mass is 16.3. The standard InChI is InChI=1S/C12H18N2O2/c1-3-4-10(13)12(16)14-11-6-5-9(15)7-8(11)2/h5-7,10,15H,3-4,13H2,1-2H3,(H,14,16)/t10-/m1/s1. The molecule has 16 heavy (non-hydrogen) atoms. The average molecular weight is 222 g/mol. The van der Waals surface area contributed by atoms with E-state index in [9.17, 15) is 9.90 Å². The minimum Gasteiger partial charge on any atom is -0.508 e. The molecule has 4 heteroatoms. The summed E-state index contributed by atoms with van der Waals surface area (Å²) in [5.41, 5.74) is 7.20. The molecule has 0 heterocycles. The average Bonchev–Trinajstić information content (AvgIpc) is 2.22. The van der Waals surface area contributed by atoms with Crippen LogP contribution in [0, 0.1) is 6.92 Å². The van der Waals surface area contributed by atoms with Gasteiger partial charge in [-0.05, 0) is 37.1 Å².